The maximum atomic E-state index is 13.0. The van der Waals surface area contributed by atoms with Crippen molar-refractivity contribution in [1.29, 1.82) is 0 Å². The van der Waals surface area contributed by atoms with E-state index in [0.29, 0.717) is 5.70 Å². The number of Topliss-reactive ketones (excluding diaryl/α,β-unsaturated/α-hetero) is 1. The lowest BCUT2D eigenvalue weighted by Gasteiger charge is -2.51. The maximum Gasteiger partial charge on any atom is 0.323 e. The molecule has 0 radical (unpaired) electrons. The molecular weight excluding hydrogens is 412 g/mol. The first-order chi connectivity index (χ1) is 12.4. The zero-order chi connectivity index (χ0) is 20.3. The Balaban J connectivity index is 1.91. The maximum absolute atomic E-state index is 13.0. The highest BCUT2D eigenvalue weighted by Gasteiger charge is 2.55. The molecule has 4 atom stereocenters. The van der Waals surface area contributed by atoms with Crippen LogP contribution in [0.4, 0.5) is 0 Å². The second kappa shape index (κ2) is 6.98. The van der Waals surface area contributed by atoms with Gasteiger partial charge in [0.2, 0.25) is 5.91 Å². The SMILES string of the molecule is CC1=C(C(=O)C(C)(C)C)N2C(=O)[C@H](Cl)[C@@H]2SC1SC1NC(=O)C(=O)NN1C. The first kappa shape index (κ1) is 20.5. The van der Waals surface area contributed by atoms with E-state index in [1.807, 2.05) is 27.7 Å². The Hall–Kier alpha value is -1.23. The monoisotopic (exact) mass is 432 g/mol. The van der Waals surface area contributed by atoms with E-state index in [1.54, 1.807) is 7.05 Å². The normalized spacial score (nSPS) is 31.9. The van der Waals surface area contributed by atoms with Crippen molar-refractivity contribution in [2.45, 2.75) is 48.5 Å². The van der Waals surface area contributed by atoms with Crippen LogP contribution in [0.5, 0.6) is 0 Å². The Morgan fingerprint density at radius 3 is 2.44 bits per heavy atom. The third-order valence-electron chi connectivity index (χ3n) is 4.45. The fourth-order valence-electron chi connectivity index (χ4n) is 2.89. The van der Waals surface area contributed by atoms with Gasteiger partial charge in [0, 0.05) is 12.5 Å². The summed E-state index contributed by atoms with van der Waals surface area (Å²) in [6, 6.07) is 0. The van der Waals surface area contributed by atoms with Crippen LogP contribution in [0.1, 0.15) is 27.7 Å². The second-order valence-corrected chi connectivity index (χ2v) is 10.8. The van der Waals surface area contributed by atoms with Gasteiger partial charge in [0.25, 0.3) is 0 Å². The third kappa shape index (κ3) is 3.48. The van der Waals surface area contributed by atoms with Crippen molar-refractivity contribution >= 4 is 58.6 Å². The summed E-state index contributed by atoms with van der Waals surface area (Å²) in [5.41, 5.74) is 2.44. The first-order valence-corrected chi connectivity index (χ1v) is 10.6. The topological polar surface area (TPSA) is 98.8 Å². The number of halogens is 1. The number of carbonyl (C=O) groups is 4. The number of ketones is 1. The van der Waals surface area contributed by atoms with Crippen LogP contribution in [0.3, 0.4) is 0 Å². The van der Waals surface area contributed by atoms with E-state index < -0.39 is 28.1 Å². The van der Waals surface area contributed by atoms with Crippen molar-refractivity contribution < 1.29 is 19.2 Å². The molecule has 11 heteroatoms. The lowest BCUT2D eigenvalue weighted by Crippen LogP contribution is -2.65. The Bertz CT molecular complexity index is 766. The van der Waals surface area contributed by atoms with Gasteiger partial charge in [-0.1, -0.05) is 20.8 Å². The molecule has 3 amide bonds. The Morgan fingerprint density at radius 1 is 1.22 bits per heavy atom. The number of amides is 3. The van der Waals surface area contributed by atoms with Gasteiger partial charge in [0.1, 0.15) is 16.2 Å². The number of rotatable bonds is 3. The molecule has 2 saturated heterocycles. The van der Waals surface area contributed by atoms with Crippen LogP contribution in [0.25, 0.3) is 0 Å². The number of carbonyl (C=O) groups excluding carboxylic acids is 4. The minimum atomic E-state index is -0.724. The number of fused-ring (bicyclic) bond motifs is 1. The number of β-lactam (4-membered cyclic amide) rings is 1. The van der Waals surface area contributed by atoms with Crippen molar-refractivity contribution in [2.75, 3.05) is 7.05 Å². The van der Waals surface area contributed by atoms with Crippen molar-refractivity contribution in [3.05, 3.63) is 11.3 Å². The number of hydrazine groups is 1. The quantitative estimate of drug-likeness (QED) is 0.387. The van der Waals surface area contributed by atoms with Crippen molar-refractivity contribution in [1.82, 2.24) is 20.7 Å². The van der Waals surface area contributed by atoms with Crippen molar-refractivity contribution in [3.63, 3.8) is 0 Å². The molecule has 0 bridgehead atoms. The third-order valence-corrected chi connectivity index (χ3v) is 8.35. The summed E-state index contributed by atoms with van der Waals surface area (Å²) in [7, 11) is 1.65. The molecule has 0 spiro atoms. The van der Waals surface area contributed by atoms with E-state index in [1.165, 1.54) is 33.4 Å². The van der Waals surface area contributed by atoms with E-state index in [4.69, 9.17) is 11.6 Å². The number of nitrogens with one attached hydrogen (secondary N) is 2. The molecule has 27 heavy (non-hydrogen) atoms. The number of thioether (sulfide) groups is 2. The highest BCUT2D eigenvalue weighted by atomic mass is 35.5. The smallest absolute Gasteiger partial charge is 0.322 e. The number of allylic oxidation sites excluding steroid dienone is 1. The number of hydrogen-bond acceptors (Lipinski definition) is 7. The van der Waals surface area contributed by atoms with Gasteiger partial charge in [0.15, 0.2) is 5.78 Å². The summed E-state index contributed by atoms with van der Waals surface area (Å²) in [6.07, 6.45) is 0. The van der Waals surface area contributed by atoms with Crippen molar-refractivity contribution in [3.8, 4) is 0 Å². The fraction of sp³-hybridized carbons (Fsp3) is 0.625. The average Bonchev–Trinajstić information content (AvgIpc) is 2.58. The molecule has 0 aromatic heterocycles. The molecule has 0 aromatic rings. The minimum absolute atomic E-state index is 0.123. The van der Waals surface area contributed by atoms with Gasteiger partial charge in [0.05, 0.1) is 10.3 Å². The summed E-state index contributed by atoms with van der Waals surface area (Å²) in [5.74, 6) is -1.82. The average molecular weight is 433 g/mol. The van der Waals surface area contributed by atoms with E-state index in [2.05, 4.69) is 10.7 Å². The molecule has 8 nitrogen and oxygen atoms in total. The molecule has 2 unspecified atom stereocenters. The zero-order valence-corrected chi connectivity index (χ0v) is 17.9. The van der Waals surface area contributed by atoms with Gasteiger partial charge in [-0.3, -0.25) is 29.5 Å². The second-order valence-electron chi connectivity index (χ2n) is 7.59. The lowest BCUT2D eigenvalue weighted by molar-refractivity contribution is -0.146. The standard InChI is InChI=1S/C16H21ClN4O4S2/c1-6-8(9(22)16(2,3)4)21-12(25)7(17)13(21)26-14(6)27-15-18-10(23)11(24)19-20(15)5/h7,13-15H,1-5H3,(H,18,23)(H,19,24)/t7-,13-,14?,15?/m0/s1. The largest absolute Gasteiger partial charge is 0.323 e. The summed E-state index contributed by atoms with van der Waals surface area (Å²) in [5, 5.41) is 3.11. The molecule has 2 fully saturated rings. The van der Waals surface area contributed by atoms with Crippen molar-refractivity contribution in [2.24, 2.45) is 5.41 Å². The molecule has 148 valence electrons. The van der Waals surface area contributed by atoms with Crippen LogP contribution >= 0.6 is 35.1 Å². The van der Waals surface area contributed by atoms with Crippen LogP contribution in [0, 0.1) is 5.41 Å². The number of nitrogens with zero attached hydrogens (tertiary/aromatic N) is 2. The summed E-state index contributed by atoms with van der Waals surface area (Å²) < 4.78 is -0.218. The lowest BCUT2D eigenvalue weighted by atomic mass is 9.86. The highest BCUT2D eigenvalue weighted by molar-refractivity contribution is 8.18. The van der Waals surface area contributed by atoms with Gasteiger partial charge in [-0.25, -0.2) is 0 Å². The predicted octanol–water partition coefficient (Wildman–Crippen LogP) is 0.834. The Labute approximate surface area is 170 Å². The molecule has 3 aliphatic heterocycles. The van der Waals surface area contributed by atoms with Gasteiger partial charge in [-0.2, -0.15) is 5.01 Å². The molecule has 3 rings (SSSR count). The van der Waals surface area contributed by atoms with Crippen LogP contribution in [0.2, 0.25) is 0 Å². The number of alkyl halides is 1. The number of hydrogen-bond donors (Lipinski definition) is 2. The summed E-state index contributed by atoms with van der Waals surface area (Å²) in [4.78, 5) is 49.9. The van der Waals surface area contributed by atoms with E-state index >= 15 is 0 Å². The Kier molecular flexibility index (Phi) is 5.30. The summed E-state index contributed by atoms with van der Waals surface area (Å²) >= 11 is 9.03. The minimum Gasteiger partial charge on any atom is -0.322 e. The summed E-state index contributed by atoms with van der Waals surface area (Å²) in [6.45, 7) is 7.24. The molecule has 2 N–H and O–H groups in total. The molecule has 0 aromatic carbocycles. The van der Waals surface area contributed by atoms with Crippen LogP contribution in [0.15, 0.2) is 11.3 Å². The van der Waals surface area contributed by atoms with Crippen LogP contribution in [-0.2, 0) is 19.2 Å². The van der Waals surface area contributed by atoms with E-state index in [-0.39, 0.29) is 21.6 Å². The zero-order valence-electron chi connectivity index (χ0n) is 15.5. The highest BCUT2D eigenvalue weighted by Crippen LogP contribution is 2.51. The molecular formula is C16H21ClN4O4S2. The van der Waals surface area contributed by atoms with Crippen LogP contribution < -0.4 is 10.7 Å². The van der Waals surface area contributed by atoms with Gasteiger partial charge < -0.3 is 5.32 Å². The first-order valence-electron chi connectivity index (χ1n) is 8.31. The molecule has 0 saturated carbocycles. The van der Waals surface area contributed by atoms with E-state index in [9.17, 15) is 19.2 Å². The van der Waals surface area contributed by atoms with Gasteiger partial charge in [-0.15, -0.1) is 35.1 Å². The fourth-order valence-corrected chi connectivity index (χ4v) is 6.32. The van der Waals surface area contributed by atoms with Crippen LogP contribution in [-0.4, -0.2) is 61.3 Å². The van der Waals surface area contributed by atoms with E-state index in [0.717, 1.165) is 5.57 Å². The molecule has 3 aliphatic rings. The van der Waals surface area contributed by atoms with Gasteiger partial charge >= 0.3 is 11.8 Å². The molecule has 3 heterocycles. The Morgan fingerprint density at radius 2 is 1.85 bits per heavy atom. The molecule has 0 aliphatic carbocycles. The predicted molar refractivity (Wildman–Crippen MR) is 104 cm³/mol. The van der Waals surface area contributed by atoms with Gasteiger partial charge in [-0.05, 0) is 12.5 Å².